The molecule has 0 rings (SSSR count). The zero-order valence-corrected chi connectivity index (χ0v) is 26.5. The third-order valence-electron chi connectivity index (χ3n) is 0. The van der Waals surface area contributed by atoms with E-state index in [0.29, 0.717) is 0 Å². The molecule has 0 heterocycles. The van der Waals surface area contributed by atoms with Crippen LogP contribution < -0.4 is 190 Å². The smallest absolute Gasteiger partial charge is 1.00 e. The standard InChI is InChI=1S/3C2H4O2.2H3N.6Na.6H/c3*1-2(3)4;;;;;;;;;;;;;;/h3*1H3,(H,3,4);2*1H3;;;;;;;;;;;;/q;;;;;6*+1;6*-1. The van der Waals surface area contributed by atoms with E-state index in [4.69, 9.17) is 29.7 Å². The SMILES string of the molecule is CC(=O)O.CC(=O)O.CC(=O)O.N.N.[H-].[H-].[H-].[H-].[H-].[H-].[Na+].[Na+].[Na+].[Na+].[Na+].[Na+]. The number of carboxylic acid groups (broad SMARTS) is 3. The van der Waals surface area contributed by atoms with Gasteiger partial charge in [0.2, 0.25) is 0 Å². The van der Waals surface area contributed by atoms with Gasteiger partial charge in [-0.3, -0.25) is 14.4 Å². The molecule has 0 aromatic heterocycles. The quantitative estimate of drug-likeness (QED) is 0.264. The van der Waals surface area contributed by atoms with Crippen LogP contribution in [0.3, 0.4) is 0 Å². The molecule has 0 spiro atoms. The Morgan fingerprint density at radius 3 is 0.550 bits per heavy atom. The van der Waals surface area contributed by atoms with E-state index in [1.165, 1.54) is 0 Å². The minimum absolute atomic E-state index is 0. The van der Waals surface area contributed by atoms with Crippen molar-refractivity contribution in [2.24, 2.45) is 0 Å². The fourth-order valence-electron chi connectivity index (χ4n) is 0. The Labute approximate surface area is 261 Å². The van der Waals surface area contributed by atoms with Gasteiger partial charge in [-0.2, -0.15) is 0 Å². The van der Waals surface area contributed by atoms with Crippen LogP contribution in [0.2, 0.25) is 0 Å². The molecule has 9 N–H and O–H groups in total. The third kappa shape index (κ3) is 542. The summed E-state index contributed by atoms with van der Waals surface area (Å²) in [5, 5.41) is 22.2. The number of carboxylic acids is 3. The summed E-state index contributed by atoms with van der Waals surface area (Å²) in [6.45, 7) is 3.25. The van der Waals surface area contributed by atoms with Gasteiger partial charge in [0.05, 0.1) is 0 Å². The van der Waals surface area contributed by atoms with Crippen molar-refractivity contribution in [1.82, 2.24) is 12.3 Å². The van der Waals surface area contributed by atoms with Crippen LogP contribution in [0.25, 0.3) is 0 Å². The van der Waals surface area contributed by atoms with Gasteiger partial charge in [0.1, 0.15) is 0 Å². The second-order valence-electron chi connectivity index (χ2n) is 1.56. The average Bonchev–Trinajstić information content (AvgIpc) is 1.54. The molecule has 0 amide bonds. The first-order valence-electron chi connectivity index (χ1n) is 2.78. The first-order valence-corrected chi connectivity index (χ1v) is 2.78. The van der Waals surface area contributed by atoms with Gasteiger partial charge in [0.15, 0.2) is 0 Å². The molecule has 0 aliphatic heterocycles. The van der Waals surface area contributed by atoms with Crippen molar-refractivity contribution in [3.8, 4) is 0 Å². The van der Waals surface area contributed by atoms with Crippen molar-refractivity contribution in [1.29, 1.82) is 0 Å². The van der Waals surface area contributed by atoms with Crippen molar-refractivity contribution in [3.63, 3.8) is 0 Å². The van der Waals surface area contributed by atoms with Gasteiger partial charge in [-0.1, -0.05) is 0 Å². The predicted molar refractivity (Wildman–Crippen MR) is 56.6 cm³/mol. The van der Waals surface area contributed by atoms with E-state index in [1.807, 2.05) is 0 Å². The molecule has 20 heavy (non-hydrogen) atoms. The average molecular weight is 358 g/mol. The van der Waals surface area contributed by atoms with Crippen molar-refractivity contribution < 1.29 is 216 Å². The molecule has 100 valence electrons. The number of aliphatic carboxylic acids is 3. The molecule has 0 aliphatic carbocycles. The molecule has 0 aromatic carbocycles. The van der Waals surface area contributed by atoms with E-state index >= 15 is 0 Å². The maximum Gasteiger partial charge on any atom is 1.00 e. The molecule has 0 aromatic rings. The first kappa shape index (κ1) is 74.5. The second kappa shape index (κ2) is 65.5. The summed E-state index contributed by atoms with van der Waals surface area (Å²) in [6, 6.07) is 0. The van der Waals surface area contributed by atoms with Gasteiger partial charge >= 0.3 is 177 Å². The Morgan fingerprint density at radius 1 is 0.550 bits per heavy atom. The Bertz CT molecular complexity index is 156. The number of carbonyl (C=O) groups is 3. The maximum atomic E-state index is 9.00. The first-order chi connectivity index (χ1) is 5.20. The number of rotatable bonds is 0. The van der Waals surface area contributed by atoms with Crippen LogP contribution in [0.15, 0.2) is 0 Å². The maximum absolute atomic E-state index is 9.00. The fourth-order valence-corrected chi connectivity index (χ4v) is 0. The van der Waals surface area contributed by atoms with Crippen LogP contribution in [0, 0.1) is 0 Å². The molecule has 8 nitrogen and oxygen atoms in total. The van der Waals surface area contributed by atoms with Crippen LogP contribution in [0.4, 0.5) is 0 Å². The van der Waals surface area contributed by atoms with Crippen LogP contribution >= 0.6 is 0 Å². The van der Waals surface area contributed by atoms with E-state index in [9.17, 15) is 0 Å². The zero-order chi connectivity index (χ0) is 10.7. The Kier molecular flexibility index (Phi) is 244. The fraction of sp³-hybridized carbons (Fsp3) is 0.500. The van der Waals surface area contributed by atoms with E-state index in [0.717, 1.165) is 20.8 Å². The molecule has 0 radical (unpaired) electrons. The topological polar surface area (TPSA) is 182 Å². The van der Waals surface area contributed by atoms with E-state index < -0.39 is 17.9 Å². The molecule has 0 saturated carbocycles. The summed E-state index contributed by atoms with van der Waals surface area (Å²) in [6.07, 6.45) is 0. The van der Waals surface area contributed by atoms with Crippen LogP contribution in [-0.4, -0.2) is 33.2 Å². The van der Waals surface area contributed by atoms with Crippen molar-refractivity contribution >= 4 is 17.9 Å². The molecule has 0 saturated heterocycles. The predicted octanol–water partition coefficient (Wildman–Crippen LogP) is -16.7. The number of hydrogen-bond donors (Lipinski definition) is 5. The van der Waals surface area contributed by atoms with Gasteiger partial charge in [-0.25, -0.2) is 0 Å². The van der Waals surface area contributed by atoms with Crippen molar-refractivity contribution in [3.05, 3.63) is 0 Å². The van der Waals surface area contributed by atoms with Crippen LogP contribution in [0.5, 0.6) is 0 Å². The molecular weight excluding hydrogens is 334 g/mol. The van der Waals surface area contributed by atoms with Crippen LogP contribution in [-0.2, 0) is 14.4 Å². The summed E-state index contributed by atoms with van der Waals surface area (Å²) >= 11 is 0. The van der Waals surface area contributed by atoms with Crippen molar-refractivity contribution in [2.75, 3.05) is 0 Å². The Morgan fingerprint density at radius 2 is 0.550 bits per heavy atom. The Hall–Kier alpha value is 4.33. The molecule has 0 unspecified atom stereocenters. The molecule has 0 fully saturated rings. The number of hydrogen-bond acceptors (Lipinski definition) is 5. The minimum Gasteiger partial charge on any atom is -1.00 e. The monoisotopic (exact) mass is 358 g/mol. The molecule has 0 aliphatic rings. The summed E-state index contributed by atoms with van der Waals surface area (Å²) in [4.78, 5) is 27.0. The van der Waals surface area contributed by atoms with Crippen molar-refractivity contribution in [2.45, 2.75) is 20.8 Å². The van der Waals surface area contributed by atoms with Gasteiger partial charge in [-0.15, -0.1) is 0 Å². The van der Waals surface area contributed by atoms with E-state index in [1.54, 1.807) is 0 Å². The summed E-state index contributed by atoms with van der Waals surface area (Å²) in [5.74, 6) is -2.50. The Balaban J connectivity index is -0.00000000245. The normalized spacial score (nSPS) is 3.75. The van der Waals surface area contributed by atoms with Crippen LogP contribution in [0.1, 0.15) is 29.3 Å². The summed E-state index contributed by atoms with van der Waals surface area (Å²) in [7, 11) is 0. The second-order valence-corrected chi connectivity index (χ2v) is 1.56. The molecule has 0 atom stereocenters. The van der Waals surface area contributed by atoms with E-state index in [-0.39, 0.29) is 198 Å². The van der Waals surface area contributed by atoms with Gasteiger partial charge in [-0.05, 0) is 0 Å². The molecular formula is C6H24N2Na6O6. The summed E-state index contributed by atoms with van der Waals surface area (Å²) < 4.78 is 0. The third-order valence-corrected chi connectivity index (χ3v) is 0. The van der Waals surface area contributed by atoms with Gasteiger partial charge in [0.25, 0.3) is 17.9 Å². The minimum atomic E-state index is -0.833. The molecule has 0 bridgehead atoms. The van der Waals surface area contributed by atoms with E-state index in [2.05, 4.69) is 0 Å². The summed E-state index contributed by atoms with van der Waals surface area (Å²) in [5.41, 5.74) is 0. The molecule has 14 heteroatoms. The van der Waals surface area contributed by atoms with Gasteiger partial charge in [0, 0.05) is 20.8 Å². The largest absolute Gasteiger partial charge is 1.00 e. The van der Waals surface area contributed by atoms with Gasteiger partial charge < -0.3 is 36.2 Å². The zero-order valence-electron chi connectivity index (χ0n) is 20.5.